The number of hydrogen-bond donors (Lipinski definition) is 2. The van der Waals surface area contributed by atoms with E-state index >= 15 is 0 Å². The molecule has 142 valence electrons. The second-order valence-electron chi connectivity index (χ2n) is 6.20. The number of hydrogen-bond acceptors (Lipinski definition) is 6. The third-order valence-electron chi connectivity index (χ3n) is 4.69. The van der Waals surface area contributed by atoms with Gasteiger partial charge in [0.25, 0.3) is 5.56 Å². The number of carboxylic acids is 1. The van der Waals surface area contributed by atoms with Gasteiger partial charge in [-0.15, -0.1) is 0 Å². The van der Waals surface area contributed by atoms with E-state index in [2.05, 4.69) is 4.98 Å². The van der Waals surface area contributed by atoms with Crippen LogP contribution in [0.1, 0.15) is 44.3 Å². The Morgan fingerprint density at radius 2 is 1.67 bits per heavy atom. The summed E-state index contributed by atoms with van der Waals surface area (Å²) < 4.78 is 16.0. The van der Waals surface area contributed by atoms with Crippen molar-refractivity contribution in [2.45, 2.75) is 18.8 Å². The summed E-state index contributed by atoms with van der Waals surface area (Å²) in [5, 5.41) is 9.08. The van der Waals surface area contributed by atoms with E-state index in [9.17, 15) is 14.4 Å². The lowest BCUT2D eigenvalue weighted by atomic mass is 9.81. The summed E-state index contributed by atoms with van der Waals surface area (Å²) >= 11 is 0. The molecule has 1 aliphatic rings. The Labute approximate surface area is 154 Å². The Hall–Kier alpha value is -3.29. The Bertz CT molecular complexity index is 952. The van der Waals surface area contributed by atoms with E-state index in [1.54, 1.807) is 12.1 Å². The van der Waals surface area contributed by atoms with E-state index in [1.807, 2.05) is 0 Å². The highest BCUT2D eigenvalue weighted by molar-refractivity contribution is 6.00. The average molecular weight is 373 g/mol. The summed E-state index contributed by atoms with van der Waals surface area (Å²) in [6.07, 6.45) is 0.561. The van der Waals surface area contributed by atoms with Crippen LogP contribution in [0.3, 0.4) is 0 Å². The molecule has 0 spiro atoms. The van der Waals surface area contributed by atoms with Gasteiger partial charge >= 0.3 is 5.97 Å². The van der Waals surface area contributed by atoms with Gasteiger partial charge in [-0.25, -0.2) is 4.79 Å². The number of aromatic nitrogens is 1. The van der Waals surface area contributed by atoms with Crippen LogP contribution in [0.2, 0.25) is 0 Å². The van der Waals surface area contributed by atoms with Gasteiger partial charge < -0.3 is 24.3 Å². The summed E-state index contributed by atoms with van der Waals surface area (Å²) in [5.41, 5.74) is 0.315. The fourth-order valence-corrected chi connectivity index (χ4v) is 3.36. The van der Waals surface area contributed by atoms with Gasteiger partial charge in [0.15, 0.2) is 17.3 Å². The molecule has 2 aromatic rings. The second kappa shape index (κ2) is 7.14. The van der Waals surface area contributed by atoms with Crippen LogP contribution in [0.5, 0.6) is 17.2 Å². The van der Waals surface area contributed by atoms with E-state index in [0.29, 0.717) is 29.4 Å². The molecular weight excluding hydrogens is 354 g/mol. The first-order valence-corrected chi connectivity index (χ1v) is 8.22. The summed E-state index contributed by atoms with van der Waals surface area (Å²) in [7, 11) is 4.52. The van der Waals surface area contributed by atoms with Crippen LogP contribution >= 0.6 is 0 Å². The van der Waals surface area contributed by atoms with Crippen LogP contribution in [0.25, 0.3) is 0 Å². The highest BCUT2D eigenvalue weighted by Gasteiger charge is 2.30. The van der Waals surface area contributed by atoms with Gasteiger partial charge in [0.2, 0.25) is 5.75 Å². The molecule has 0 aliphatic heterocycles. The zero-order chi connectivity index (χ0) is 19.7. The van der Waals surface area contributed by atoms with Crippen molar-refractivity contribution in [1.82, 2.24) is 4.98 Å². The first kappa shape index (κ1) is 18.5. The van der Waals surface area contributed by atoms with Crippen molar-refractivity contribution in [2.75, 3.05) is 21.3 Å². The molecule has 8 nitrogen and oxygen atoms in total. The van der Waals surface area contributed by atoms with Crippen LogP contribution in [-0.4, -0.2) is 43.2 Å². The van der Waals surface area contributed by atoms with Crippen LogP contribution in [0.15, 0.2) is 23.0 Å². The second-order valence-corrected chi connectivity index (χ2v) is 6.20. The number of ketones is 1. The number of pyridine rings is 1. The number of nitrogens with one attached hydrogen (secondary N) is 1. The van der Waals surface area contributed by atoms with Crippen LogP contribution in [0.4, 0.5) is 0 Å². The lowest BCUT2D eigenvalue weighted by molar-refractivity contribution is 0.0695. The fourth-order valence-electron chi connectivity index (χ4n) is 3.36. The minimum Gasteiger partial charge on any atom is -0.493 e. The summed E-state index contributed by atoms with van der Waals surface area (Å²) in [4.78, 5) is 38.2. The number of benzene rings is 1. The molecule has 1 aliphatic carbocycles. The number of carbonyl (C=O) groups excluding carboxylic acids is 1. The predicted molar refractivity (Wildman–Crippen MR) is 95.5 cm³/mol. The Morgan fingerprint density at radius 1 is 1.04 bits per heavy atom. The molecule has 0 saturated carbocycles. The van der Waals surface area contributed by atoms with Crippen molar-refractivity contribution < 1.29 is 28.9 Å². The maximum absolute atomic E-state index is 12.6. The van der Waals surface area contributed by atoms with Crippen molar-refractivity contribution in [1.29, 1.82) is 0 Å². The molecule has 0 bridgehead atoms. The van der Waals surface area contributed by atoms with Crippen molar-refractivity contribution in [3.63, 3.8) is 0 Å². The fraction of sp³-hybridized carbons (Fsp3) is 0.316. The van der Waals surface area contributed by atoms with Gasteiger partial charge in [-0.1, -0.05) is 0 Å². The zero-order valence-corrected chi connectivity index (χ0v) is 15.1. The number of H-pyrrole nitrogens is 1. The monoisotopic (exact) mass is 373 g/mol. The average Bonchev–Trinajstić information content (AvgIpc) is 2.65. The summed E-state index contributed by atoms with van der Waals surface area (Å²) in [6, 6.07) is 4.70. The topological polar surface area (TPSA) is 115 Å². The van der Waals surface area contributed by atoms with Gasteiger partial charge in [0.05, 0.1) is 21.3 Å². The van der Waals surface area contributed by atoms with Gasteiger partial charge in [-0.2, -0.15) is 0 Å². The van der Waals surface area contributed by atoms with Crippen LogP contribution < -0.4 is 19.8 Å². The minimum absolute atomic E-state index is 0.177. The third kappa shape index (κ3) is 3.25. The van der Waals surface area contributed by atoms with Crippen LogP contribution in [0, 0.1) is 0 Å². The normalized spacial score (nSPS) is 15.8. The first-order valence-electron chi connectivity index (χ1n) is 8.22. The van der Waals surface area contributed by atoms with Gasteiger partial charge in [0.1, 0.15) is 5.56 Å². The van der Waals surface area contributed by atoms with Crippen molar-refractivity contribution in [2.24, 2.45) is 0 Å². The molecular formula is C19H19NO7. The molecule has 0 radical (unpaired) electrons. The lowest BCUT2D eigenvalue weighted by Gasteiger charge is -2.25. The van der Waals surface area contributed by atoms with E-state index in [4.69, 9.17) is 19.3 Å². The molecule has 1 atom stereocenters. The first-order chi connectivity index (χ1) is 12.9. The molecule has 1 aromatic carbocycles. The van der Waals surface area contributed by atoms with E-state index < -0.39 is 17.1 Å². The summed E-state index contributed by atoms with van der Waals surface area (Å²) in [5.74, 6) is -0.414. The van der Waals surface area contributed by atoms with Crippen molar-refractivity contribution >= 4 is 11.8 Å². The third-order valence-corrected chi connectivity index (χ3v) is 4.69. The smallest absolute Gasteiger partial charge is 0.341 e. The molecule has 1 aromatic heterocycles. The number of fused-ring (bicyclic) bond motifs is 1. The molecule has 8 heteroatoms. The number of Topliss-reactive ketones (excluding diaryl/α,β-unsaturated/α-hetero) is 1. The largest absolute Gasteiger partial charge is 0.493 e. The van der Waals surface area contributed by atoms with E-state index in [1.165, 1.54) is 21.3 Å². The van der Waals surface area contributed by atoms with E-state index in [0.717, 1.165) is 11.6 Å². The lowest BCUT2D eigenvalue weighted by Crippen LogP contribution is -2.27. The SMILES string of the molecule is COc1cc(C2CC(=O)c3cc(C(=O)O)c(=O)[nH]c3C2)cc(OC)c1OC. The number of ether oxygens (including phenoxy) is 3. The maximum atomic E-state index is 12.6. The number of rotatable bonds is 5. The Balaban J connectivity index is 2.05. The summed E-state index contributed by atoms with van der Waals surface area (Å²) in [6.45, 7) is 0. The maximum Gasteiger partial charge on any atom is 0.341 e. The van der Waals surface area contributed by atoms with Gasteiger partial charge in [-0.3, -0.25) is 9.59 Å². The molecule has 0 saturated heterocycles. The molecule has 2 N–H and O–H groups in total. The number of carboxylic acid groups (broad SMARTS) is 1. The van der Waals surface area contributed by atoms with Gasteiger partial charge in [0, 0.05) is 17.7 Å². The molecule has 27 heavy (non-hydrogen) atoms. The van der Waals surface area contributed by atoms with Gasteiger partial charge in [-0.05, 0) is 36.1 Å². The quantitative estimate of drug-likeness (QED) is 0.824. The molecule has 1 unspecified atom stereocenters. The highest BCUT2D eigenvalue weighted by atomic mass is 16.5. The number of aromatic carboxylic acids is 1. The zero-order valence-electron chi connectivity index (χ0n) is 15.1. The number of aromatic amines is 1. The molecule has 0 fully saturated rings. The number of carbonyl (C=O) groups is 2. The van der Waals surface area contributed by atoms with Crippen LogP contribution in [-0.2, 0) is 6.42 Å². The molecule has 3 rings (SSSR count). The molecule has 0 amide bonds. The van der Waals surface area contributed by atoms with E-state index in [-0.39, 0.29) is 23.7 Å². The Morgan fingerprint density at radius 3 is 2.19 bits per heavy atom. The Kier molecular flexibility index (Phi) is 4.89. The standard InChI is InChI=1S/C19H19NO7/c1-25-15-6-10(7-16(26-2)17(15)27-3)9-4-13-11(14(21)5-9)8-12(19(23)24)18(22)20-13/h6-9H,4-5H2,1-3H3,(H,20,22)(H,23,24). The van der Waals surface area contributed by atoms with Crippen molar-refractivity contribution in [3.05, 3.63) is 50.9 Å². The predicted octanol–water partition coefficient (Wildman–Crippen LogP) is 2.01. The molecule has 1 heterocycles. The number of methoxy groups -OCH3 is 3. The highest BCUT2D eigenvalue weighted by Crippen LogP contribution is 2.42. The van der Waals surface area contributed by atoms with Crippen molar-refractivity contribution in [3.8, 4) is 17.2 Å². The minimum atomic E-state index is -1.36.